The molecule has 0 unspecified atom stereocenters. The fraction of sp³-hybridized carbons (Fsp3) is 0.286. The van der Waals surface area contributed by atoms with E-state index in [9.17, 15) is 4.79 Å². The molecule has 4 heterocycles. The lowest BCUT2D eigenvalue weighted by atomic mass is 10.3. The molecule has 0 fully saturated rings. The van der Waals surface area contributed by atoms with E-state index in [4.69, 9.17) is 4.52 Å². The molecule has 0 saturated carbocycles. The van der Waals surface area contributed by atoms with E-state index in [-0.39, 0.29) is 5.91 Å². The fourth-order valence-electron chi connectivity index (χ4n) is 2.47. The van der Waals surface area contributed by atoms with Gasteiger partial charge >= 0.3 is 0 Å². The summed E-state index contributed by atoms with van der Waals surface area (Å²) in [4.78, 5) is 19.3. The number of carbonyl (C=O) groups is 1. The normalized spacial score (nSPS) is 13.5. The number of aryl methyl sites for hydroxylation is 1. The topological polar surface area (TPSA) is 87.9 Å². The minimum absolute atomic E-state index is 0.0838. The molecule has 4 rings (SSSR count). The summed E-state index contributed by atoms with van der Waals surface area (Å²) in [7, 11) is 0. The predicted octanol–water partition coefficient (Wildman–Crippen LogP) is 2.00. The van der Waals surface area contributed by atoms with Crippen LogP contribution >= 0.6 is 11.3 Å². The van der Waals surface area contributed by atoms with Crippen molar-refractivity contribution in [2.75, 3.05) is 0 Å². The summed E-state index contributed by atoms with van der Waals surface area (Å²) in [6.45, 7) is 1.22. The summed E-state index contributed by atoms with van der Waals surface area (Å²) < 4.78 is 5.21. The van der Waals surface area contributed by atoms with Crippen LogP contribution in [0.5, 0.6) is 0 Å². The molecule has 7 nitrogen and oxygen atoms in total. The minimum atomic E-state index is 0.0838. The molecule has 1 N–H and O–H groups in total. The first-order valence-electron chi connectivity index (χ1n) is 6.95. The number of carbonyl (C=O) groups excluding carboxylic acids is 1. The number of fused-ring (bicyclic) bond motifs is 1. The maximum absolute atomic E-state index is 12.2. The van der Waals surface area contributed by atoms with E-state index in [0.29, 0.717) is 37.6 Å². The molecule has 0 spiro atoms. The largest absolute Gasteiger partial charge is 0.339 e. The summed E-state index contributed by atoms with van der Waals surface area (Å²) in [5.74, 6) is 1.16. The molecule has 3 aromatic heterocycles. The highest BCUT2D eigenvalue weighted by molar-refractivity contribution is 7.13. The van der Waals surface area contributed by atoms with Gasteiger partial charge in [0.2, 0.25) is 17.6 Å². The number of aromatic amines is 1. The second-order valence-electron chi connectivity index (χ2n) is 5.11. The third-order valence-corrected chi connectivity index (χ3v) is 4.50. The van der Waals surface area contributed by atoms with Gasteiger partial charge in [0.15, 0.2) is 0 Å². The summed E-state index contributed by atoms with van der Waals surface area (Å²) in [5, 5.41) is 12.8. The Hall–Kier alpha value is -2.48. The SMILES string of the molecule is O=C(CCc1nc(-c2cccs2)no1)N1Cc2cn[nH]c2C1. The van der Waals surface area contributed by atoms with Crippen LogP contribution in [0.4, 0.5) is 0 Å². The van der Waals surface area contributed by atoms with Crippen molar-refractivity contribution in [2.24, 2.45) is 0 Å². The quantitative estimate of drug-likeness (QED) is 0.795. The molecule has 0 saturated heterocycles. The zero-order valence-corrected chi connectivity index (χ0v) is 12.5. The van der Waals surface area contributed by atoms with Gasteiger partial charge in [0.05, 0.1) is 23.3 Å². The number of hydrogen-bond donors (Lipinski definition) is 1. The van der Waals surface area contributed by atoms with Gasteiger partial charge in [-0.2, -0.15) is 10.1 Å². The zero-order valence-electron chi connectivity index (χ0n) is 11.7. The number of amides is 1. The van der Waals surface area contributed by atoms with Gasteiger partial charge in [0.25, 0.3) is 0 Å². The summed E-state index contributed by atoms with van der Waals surface area (Å²) in [5.41, 5.74) is 2.11. The zero-order chi connectivity index (χ0) is 14.9. The third-order valence-electron chi connectivity index (χ3n) is 3.63. The van der Waals surface area contributed by atoms with Crippen molar-refractivity contribution >= 4 is 17.2 Å². The molecule has 22 heavy (non-hydrogen) atoms. The first kappa shape index (κ1) is 13.2. The van der Waals surface area contributed by atoms with E-state index >= 15 is 0 Å². The highest BCUT2D eigenvalue weighted by Gasteiger charge is 2.24. The molecular weight excluding hydrogens is 302 g/mol. The molecule has 1 amide bonds. The van der Waals surface area contributed by atoms with E-state index in [1.54, 1.807) is 22.4 Å². The molecule has 3 aromatic rings. The number of hydrogen-bond acceptors (Lipinski definition) is 6. The monoisotopic (exact) mass is 315 g/mol. The van der Waals surface area contributed by atoms with Crippen LogP contribution in [0.25, 0.3) is 10.7 Å². The molecule has 0 atom stereocenters. The Labute approximate surface area is 130 Å². The minimum Gasteiger partial charge on any atom is -0.339 e. The number of nitrogens with one attached hydrogen (secondary N) is 1. The van der Waals surface area contributed by atoms with Gasteiger partial charge in [-0.15, -0.1) is 11.3 Å². The average Bonchev–Trinajstić information content (AvgIpc) is 3.26. The number of thiophene rings is 1. The highest BCUT2D eigenvalue weighted by atomic mass is 32.1. The van der Waals surface area contributed by atoms with Crippen molar-refractivity contribution in [3.63, 3.8) is 0 Å². The Morgan fingerprint density at radius 2 is 2.41 bits per heavy atom. The van der Waals surface area contributed by atoms with Crippen molar-refractivity contribution < 1.29 is 9.32 Å². The average molecular weight is 315 g/mol. The van der Waals surface area contributed by atoms with Crippen LogP contribution in [-0.4, -0.2) is 31.1 Å². The van der Waals surface area contributed by atoms with Gasteiger partial charge in [-0.1, -0.05) is 11.2 Å². The van der Waals surface area contributed by atoms with Gasteiger partial charge < -0.3 is 9.42 Å². The predicted molar refractivity (Wildman–Crippen MR) is 78.8 cm³/mol. The van der Waals surface area contributed by atoms with Crippen LogP contribution in [0, 0.1) is 0 Å². The number of H-pyrrole nitrogens is 1. The molecule has 0 radical (unpaired) electrons. The summed E-state index contributed by atoms with van der Waals surface area (Å²) in [6.07, 6.45) is 2.59. The van der Waals surface area contributed by atoms with Crippen molar-refractivity contribution in [2.45, 2.75) is 25.9 Å². The van der Waals surface area contributed by atoms with E-state index < -0.39 is 0 Å². The Bertz CT molecular complexity index is 771. The van der Waals surface area contributed by atoms with Crippen LogP contribution in [0.2, 0.25) is 0 Å². The van der Waals surface area contributed by atoms with Crippen LogP contribution in [-0.2, 0) is 24.3 Å². The second-order valence-corrected chi connectivity index (χ2v) is 6.06. The third kappa shape index (κ3) is 2.41. The highest BCUT2D eigenvalue weighted by Crippen LogP contribution is 2.23. The van der Waals surface area contributed by atoms with E-state index in [1.165, 1.54) is 0 Å². The summed E-state index contributed by atoms with van der Waals surface area (Å²) in [6, 6.07) is 3.88. The van der Waals surface area contributed by atoms with Crippen molar-refractivity contribution in [3.8, 4) is 10.7 Å². The Morgan fingerprint density at radius 1 is 1.45 bits per heavy atom. The van der Waals surface area contributed by atoms with Gasteiger partial charge in [-0.3, -0.25) is 9.89 Å². The molecule has 112 valence electrons. The standard InChI is InChI=1S/C14H13N5O2S/c20-13(19-7-9-6-15-17-10(9)8-19)4-3-12-16-14(18-21-12)11-2-1-5-22-11/h1-2,5-6H,3-4,7-8H2,(H,15,17). The van der Waals surface area contributed by atoms with Crippen molar-refractivity contribution in [3.05, 3.63) is 40.9 Å². The van der Waals surface area contributed by atoms with Gasteiger partial charge in [-0.05, 0) is 11.4 Å². The first-order chi connectivity index (χ1) is 10.8. The van der Waals surface area contributed by atoms with E-state index in [2.05, 4.69) is 20.3 Å². The molecule has 0 aliphatic carbocycles. The Kier molecular flexibility index (Phi) is 3.23. The second kappa shape index (κ2) is 5.38. The van der Waals surface area contributed by atoms with Crippen LogP contribution in [0.15, 0.2) is 28.2 Å². The number of aromatic nitrogens is 4. The van der Waals surface area contributed by atoms with Gasteiger partial charge in [-0.25, -0.2) is 0 Å². The van der Waals surface area contributed by atoms with Gasteiger partial charge in [0.1, 0.15) is 0 Å². The Morgan fingerprint density at radius 3 is 3.23 bits per heavy atom. The van der Waals surface area contributed by atoms with Crippen molar-refractivity contribution in [1.29, 1.82) is 0 Å². The maximum Gasteiger partial charge on any atom is 0.227 e. The molecule has 0 bridgehead atoms. The number of rotatable bonds is 4. The number of nitrogens with zero attached hydrogens (tertiary/aromatic N) is 4. The fourth-order valence-corrected chi connectivity index (χ4v) is 3.12. The molecule has 8 heteroatoms. The van der Waals surface area contributed by atoms with Crippen LogP contribution in [0.3, 0.4) is 0 Å². The molecule has 1 aliphatic rings. The van der Waals surface area contributed by atoms with Gasteiger partial charge in [0, 0.05) is 24.9 Å². The Balaban J connectivity index is 1.35. The smallest absolute Gasteiger partial charge is 0.227 e. The molecular formula is C14H13N5O2S. The lowest BCUT2D eigenvalue weighted by Gasteiger charge is -2.14. The molecule has 1 aliphatic heterocycles. The van der Waals surface area contributed by atoms with Crippen LogP contribution < -0.4 is 0 Å². The maximum atomic E-state index is 12.2. The molecule has 0 aromatic carbocycles. The van der Waals surface area contributed by atoms with E-state index in [0.717, 1.165) is 16.1 Å². The lowest BCUT2D eigenvalue weighted by Crippen LogP contribution is -2.25. The first-order valence-corrected chi connectivity index (χ1v) is 7.83. The summed E-state index contributed by atoms with van der Waals surface area (Å²) >= 11 is 1.56. The van der Waals surface area contributed by atoms with Crippen LogP contribution in [0.1, 0.15) is 23.6 Å². The van der Waals surface area contributed by atoms with Crippen molar-refractivity contribution in [1.82, 2.24) is 25.2 Å². The van der Waals surface area contributed by atoms with E-state index in [1.807, 2.05) is 17.5 Å². The lowest BCUT2D eigenvalue weighted by molar-refractivity contribution is -0.131.